The first-order chi connectivity index (χ1) is 3.79. The molecule has 0 bridgehead atoms. The van der Waals surface area contributed by atoms with E-state index >= 15 is 0 Å². The van der Waals surface area contributed by atoms with Crippen LogP contribution in [0.1, 0.15) is 12.8 Å². The summed E-state index contributed by atoms with van der Waals surface area (Å²) >= 11 is 0. The summed E-state index contributed by atoms with van der Waals surface area (Å²) in [4.78, 5) is 0. The summed E-state index contributed by atoms with van der Waals surface area (Å²) in [6.45, 7) is 1.93. The Balaban J connectivity index is 2.23. The van der Waals surface area contributed by atoms with E-state index in [2.05, 4.69) is 5.32 Å². The minimum Gasteiger partial charge on any atom is -0.328 e. The lowest BCUT2D eigenvalue weighted by molar-refractivity contribution is 0.409. The molecular weight excluding hydrogens is 102 g/mol. The van der Waals surface area contributed by atoms with Crippen molar-refractivity contribution < 1.29 is 0 Å². The fourth-order valence-corrected chi connectivity index (χ4v) is 0.861. The molecule has 0 aromatic carbocycles. The van der Waals surface area contributed by atoms with Gasteiger partial charge in [-0.3, -0.25) is 5.32 Å². The first-order valence-corrected chi connectivity index (χ1v) is 2.88. The number of hydrogen-bond donors (Lipinski definition) is 3. The largest absolute Gasteiger partial charge is 0.328 e. The van der Waals surface area contributed by atoms with E-state index in [0.29, 0.717) is 0 Å². The van der Waals surface area contributed by atoms with Crippen LogP contribution in [-0.2, 0) is 0 Å². The molecule has 0 aromatic heterocycles. The van der Waals surface area contributed by atoms with Crippen LogP contribution in [0.3, 0.4) is 0 Å². The molecule has 8 heavy (non-hydrogen) atoms. The van der Waals surface area contributed by atoms with E-state index in [9.17, 15) is 0 Å². The zero-order chi connectivity index (χ0) is 5.98. The number of nitrogens with one attached hydrogen (secondary N) is 1. The average Bonchev–Trinajstić information content (AvgIpc) is 1.64. The smallest absolute Gasteiger partial charge is 0.0563 e. The monoisotopic (exact) mass is 114 g/mol. The molecule has 2 atom stereocenters. The first kappa shape index (κ1) is 6.01. The molecule has 1 fully saturated rings. The first-order valence-electron chi connectivity index (χ1n) is 2.88. The molecule has 0 spiro atoms. The SMILES string of the molecule is NC1C[CH]NC(N)C1. The van der Waals surface area contributed by atoms with Gasteiger partial charge in [-0.2, -0.15) is 0 Å². The number of piperidine rings is 1. The molecule has 1 saturated heterocycles. The van der Waals surface area contributed by atoms with Crippen LogP contribution in [0.2, 0.25) is 0 Å². The molecule has 0 aromatic rings. The summed E-state index contributed by atoms with van der Waals surface area (Å²) in [5.74, 6) is 0. The van der Waals surface area contributed by atoms with Gasteiger partial charge in [0.05, 0.1) is 6.17 Å². The predicted octanol–water partition coefficient (Wildman–Crippen LogP) is -0.856. The minimum absolute atomic E-state index is 0.0822. The number of hydrogen-bond acceptors (Lipinski definition) is 3. The van der Waals surface area contributed by atoms with Crippen molar-refractivity contribution in [3.63, 3.8) is 0 Å². The van der Waals surface area contributed by atoms with Crippen molar-refractivity contribution in [3.05, 3.63) is 6.54 Å². The molecule has 1 aliphatic rings. The maximum Gasteiger partial charge on any atom is 0.0563 e. The highest BCUT2D eigenvalue weighted by Gasteiger charge is 2.13. The van der Waals surface area contributed by atoms with Gasteiger partial charge in [0.15, 0.2) is 0 Å². The van der Waals surface area contributed by atoms with Gasteiger partial charge >= 0.3 is 0 Å². The maximum atomic E-state index is 5.57. The lowest BCUT2D eigenvalue weighted by Crippen LogP contribution is -2.46. The highest BCUT2D eigenvalue weighted by Crippen LogP contribution is 2.03. The lowest BCUT2D eigenvalue weighted by atomic mass is 10.1. The molecule has 0 saturated carbocycles. The van der Waals surface area contributed by atoms with Gasteiger partial charge in [-0.25, -0.2) is 0 Å². The molecule has 1 rings (SSSR count). The summed E-state index contributed by atoms with van der Waals surface area (Å²) in [5, 5.41) is 2.99. The quantitative estimate of drug-likeness (QED) is 0.384. The number of rotatable bonds is 0. The van der Waals surface area contributed by atoms with Crippen LogP contribution in [0, 0.1) is 6.54 Å². The van der Waals surface area contributed by atoms with Crippen molar-refractivity contribution in [2.75, 3.05) is 0 Å². The average molecular weight is 114 g/mol. The molecule has 1 radical (unpaired) electrons. The third-order valence-electron chi connectivity index (χ3n) is 1.31. The topological polar surface area (TPSA) is 64.1 Å². The van der Waals surface area contributed by atoms with E-state index in [1.54, 1.807) is 0 Å². The van der Waals surface area contributed by atoms with Crippen molar-refractivity contribution >= 4 is 0 Å². The van der Waals surface area contributed by atoms with Gasteiger partial charge in [-0.1, -0.05) is 0 Å². The lowest BCUT2D eigenvalue weighted by Gasteiger charge is -2.23. The molecule has 0 aliphatic carbocycles. The second-order valence-corrected chi connectivity index (χ2v) is 2.21. The van der Waals surface area contributed by atoms with Crippen LogP contribution in [-0.4, -0.2) is 12.2 Å². The normalized spacial score (nSPS) is 39.8. The highest BCUT2D eigenvalue weighted by atomic mass is 15.0. The van der Waals surface area contributed by atoms with Crippen LogP contribution < -0.4 is 16.8 Å². The highest BCUT2D eigenvalue weighted by molar-refractivity contribution is 4.82. The Labute approximate surface area is 49.4 Å². The molecule has 0 amide bonds. The molecular formula is C5H12N3. The Morgan fingerprint density at radius 2 is 2.25 bits per heavy atom. The number of nitrogens with two attached hydrogens (primary N) is 2. The maximum absolute atomic E-state index is 5.57. The Hall–Kier alpha value is -0.120. The fourth-order valence-electron chi connectivity index (χ4n) is 0.861. The van der Waals surface area contributed by atoms with E-state index < -0.39 is 0 Å². The molecule has 3 nitrogen and oxygen atoms in total. The zero-order valence-electron chi connectivity index (χ0n) is 4.80. The fraction of sp³-hybridized carbons (Fsp3) is 0.800. The van der Waals surface area contributed by atoms with Crippen LogP contribution >= 0.6 is 0 Å². The van der Waals surface area contributed by atoms with Gasteiger partial charge in [-0.15, -0.1) is 0 Å². The van der Waals surface area contributed by atoms with Crippen LogP contribution in [0.15, 0.2) is 0 Å². The molecule has 1 heterocycles. The second-order valence-electron chi connectivity index (χ2n) is 2.21. The van der Waals surface area contributed by atoms with Crippen LogP contribution in [0.4, 0.5) is 0 Å². The van der Waals surface area contributed by atoms with Gasteiger partial charge in [0, 0.05) is 12.6 Å². The van der Waals surface area contributed by atoms with Crippen LogP contribution in [0.25, 0.3) is 0 Å². The summed E-state index contributed by atoms with van der Waals surface area (Å²) in [5.41, 5.74) is 11.1. The van der Waals surface area contributed by atoms with Gasteiger partial charge < -0.3 is 11.5 Å². The molecule has 5 N–H and O–H groups in total. The molecule has 1 aliphatic heterocycles. The molecule has 3 heteroatoms. The van der Waals surface area contributed by atoms with Crippen molar-refractivity contribution in [1.82, 2.24) is 5.32 Å². The summed E-state index contributed by atoms with van der Waals surface area (Å²) in [7, 11) is 0. The van der Waals surface area contributed by atoms with E-state index in [1.165, 1.54) is 0 Å². The Morgan fingerprint density at radius 1 is 1.50 bits per heavy atom. The van der Waals surface area contributed by atoms with Crippen molar-refractivity contribution in [2.45, 2.75) is 25.0 Å². The van der Waals surface area contributed by atoms with E-state index in [0.717, 1.165) is 12.8 Å². The van der Waals surface area contributed by atoms with Crippen molar-refractivity contribution in [1.29, 1.82) is 0 Å². The third-order valence-corrected chi connectivity index (χ3v) is 1.31. The van der Waals surface area contributed by atoms with Crippen molar-refractivity contribution in [2.24, 2.45) is 11.5 Å². The standard InChI is InChI=1S/C5H12N3/c6-4-1-2-8-5(7)3-4/h2,4-5,8H,1,3,6-7H2. The predicted molar refractivity (Wildman–Crippen MR) is 32.6 cm³/mol. The van der Waals surface area contributed by atoms with E-state index in [-0.39, 0.29) is 12.2 Å². The zero-order valence-corrected chi connectivity index (χ0v) is 4.80. The van der Waals surface area contributed by atoms with Gasteiger partial charge in [0.1, 0.15) is 0 Å². The molecule has 47 valence electrons. The van der Waals surface area contributed by atoms with E-state index in [1.807, 2.05) is 6.54 Å². The summed E-state index contributed by atoms with van der Waals surface area (Å²) < 4.78 is 0. The summed E-state index contributed by atoms with van der Waals surface area (Å²) in [6.07, 6.45) is 1.91. The summed E-state index contributed by atoms with van der Waals surface area (Å²) in [6, 6.07) is 0.270. The van der Waals surface area contributed by atoms with Gasteiger partial charge in [0.25, 0.3) is 0 Å². The van der Waals surface area contributed by atoms with Crippen molar-refractivity contribution in [3.8, 4) is 0 Å². The molecule has 2 unspecified atom stereocenters. The van der Waals surface area contributed by atoms with Gasteiger partial charge in [0.2, 0.25) is 0 Å². The Bertz CT molecular complexity index is 66.1. The Kier molecular flexibility index (Phi) is 1.83. The third kappa shape index (κ3) is 1.43. The second kappa shape index (κ2) is 2.44. The van der Waals surface area contributed by atoms with Crippen LogP contribution in [0.5, 0.6) is 0 Å². The Morgan fingerprint density at radius 3 is 2.62 bits per heavy atom. The van der Waals surface area contributed by atoms with Gasteiger partial charge in [-0.05, 0) is 12.8 Å². The van der Waals surface area contributed by atoms with E-state index in [4.69, 9.17) is 11.5 Å². The minimum atomic E-state index is 0.0822.